The maximum Gasteiger partial charge on any atom is 0.337 e. The van der Waals surface area contributed by atoms with E-state index in [1.165, 1.54) is 18.3 Å². The Morgan fingerprint density at radius 3 is 2.79 bits per heavy atom. The van der Waals surface area contributed by atoms with Gasteiger partial charge >= 0.3 is 5.97 Å². The van der Waals surface area contributed by atoms with Crippen LogP contribution in [0.5, 0.6) is 0 Å². The van der Waals surface area contributed by atoms with E-state index in [1.54, 1.807) is 19.1 Å². The molecule has 0 bridgehead atoms. The Morgan fingerprint density at radius 2 is 2.16 bits per heavy atom. The van der Waals surface area contributed by atoms with E-state index in [1.807, 2.05) is 22.6 Å². The molecule has 0 aliphatic rings. The SMILES string of the molecule is Cc1nccc(C(=O)O)c1Nc1ccc(I)cc1F. The first-order valence-electron chi connectivity index (χ1n) is 5.40. The van der Waals surface area contributed by atoms with Crippen molar-refractivity contribution in [1.82, 2.24) is 4.98 Å². The molecule has 0 unspecified atom stereocenters. The average Bonchev–Trinajstić information content (AvgIpc) is 2.34. The summed E-state index contributed by atoms with van der Waals surface area (Å²) in [5.74, 6) is -1.52. The molecule has 1 aromatic carbocycles. The molecule has 0 atom stereocenters. The van der Waals surface area contributed by atoms with E-state index in [2.05, 4.69) is 10.3 Å². The van der Waals surface area contributed by atoms with E-state index in [4.69, 9.17) is 5.11 Å². The van der Waals surface area contributed by atoms with Gasteiger partial charge in [-0.2, -0.15) is 0 Å². The van der Waals surface area contributed by atoms with E-state index < -0.39 is 11.8 Å². The summed E-state index contributed by atoms with van der Waals surface area (Å²) in [5.41, 5.74) is 1.08. The van der Waals surface area contributed by atoms with Gasteiger partial charge in [-0.25, -0.2) is 9.18 Å². The van der Waals surface area contributed by atoms with E-state index in [0.29, 0.717) is 11.4 Å². The number of nitrogens with one attached hydrogen (secondary N) is 1. The second-order valence-electron chi connectivity index (χ2n) is 3.87. The fraction of sp³-hybridized carbons (Fsp3) is 0.0769. The number of benzene rings is 1. The van der Waals surface area contributed by atoms with Crippen molar-refractivity contribution >= 4 is 39.9 Å². The highest BCUT2D eigenvalue weighted by Crippen LogP contribution is 2.26. The Kier molecular flexibility index (Phi) is 3.98. The lowest BCUT2D eigenvalue weighted by Crippen LogP contribution is -2.06. The van der Waals surface area contributed by atoms with Gasteiger partial charge in [0.25, 0.3) is 0 Å². The third-order valence-electron chi connectivity index (χ3n) is 2.56. The van der Waals surface area contributed by atoms with Crippen LogP contribution in [0, 0.1) is 16.3 Å². The van der Waals surface area contributed by atoms with Crippen LogP contribution in [-0.4, -0.2) is 16.1 Å². The number of carboxylic acid groups (broad SMARTS) is 1. The minimum atomic E-state index is -1.08. The average molecular weight is 372 g/mol. The largest absolute Gasteiger partial charge is 0.478 e. The summed E-state index contributed by atoms with van der Waals surface area (Å²) in [5, 5.41) is 11.9. The second-order valence-corrected chi connectivity index (χ2v) is 5.12. The molecule has 0 spiro atoms. The number of pyridine rings is 1. The van der Waals surface area contributed by atoms with Crippen LogP contribution in [0.15, 0.2) is 30.5 Å². The number of aryl methyl sites for hydroxylation is 1. The minimum absolute atomic E-state index is 0.0606. The van der Waals surface area contributed by atoms with Crippen molar-refractivity contribution in [3.05, 3.63) is 51.1 Å². The first kappa shape index (κ1) is 13.7. The number of aromatic nitrogens is 1. The summed E-state index contributed by atoms with van der Waals surface area (Å²) < 4.78 is 14.5. The van der Waals surface area contributed by atoms with Gasteiger partial charge in [-0.1, -0.05) is 0 Å². The molecule has 0 amide bonds. The zero-order valence-electron chi connectivity index (χ0n) is 9.95. The fourth-order valence-corrected chi connectivity index (χ4v) is 2.08. The van der Waals surface area contributed by atoms with Crippen LogP contribution in [0.3, 0.4) is 0 Å². The number of hydrogen-bond acceptors (Lipinski definition) is 3. The Labute approximate surface area is 122 Å². The Hall–Kier alpha value is -1.70. The molecule has 19 heavy (non-hydrogen) atoms. The summed E-state index contributed by atoms with van der Waals surface area (Å²) in [6.07, 6.45) is 1.41. The van der Waals surface area contributed by atoms with Crippen molar-refractivity contribution in [3.8, 4) is 0 Å². The normalized spacial score (nSPS) is 10.3. The van der Waals surface area contributed by atoms with Crippen molar-refractivity contribution in [3.63, 3.8) is 0 Å². The number of rotatable bonds is 3. The van der Waals surface area contributed by atoms with E-state index in [-0.39, 0.29) is 11.3 Å². The third kappa shape index (κ3) is 3.01. The maximum absolute atomic E-state index is 13.8. The van der Waals surface area contributed by atoms with E-state index in [9.17, 15) is 9.18 Å². The number of nitrogens with zero attached hydrogens (tertiary/aromatic N) is 1. The topological polar surface area (TPSA) is 62.2 Å². The smallest absolute Gasteiger partial charge is 0.337 e. The molecule has 2 aromatic rings. The summed E-state index contributed by atoms with van der Waals surface area (Å²) in [4.78, 5) is 15.2. The van der Waals surface area contributed by atoms with Crippen molar-refractivity contribution in [2.75, 3.05) is 5.32 Å². The monoisotopic (exact) mass is 372 g/mol. The first-order chi connectivity index (χ1) is 8.99. The molecule has 0 saturated carbocycles. The Bertz CT molecular complexity index is 647. The number of hydrogen-bond donors (Lipinski definition) is 2. The van der Waals surface area contributed by atoms with Crippen LogP contribution in [0.2, 0.25) is 0 Å². The fourth-order valence-electron chi connectivity index (χ4n) is 1.63. The molecule has 98 valence electrons. The van der Waals surface area contributed by atoms with Crippen molar-refractivity contribution in [1.29, 1.82) is 0 Å². The van der Waals surface area contributed by atoms with Crippen LogP contribution < -0.4 is 5.32 Å². The van der Waals surface area contributed by atoms with Gasteiger partial charge in [0.15, 0.2) is 0 Å². The van der Waals surface area contributed by atoms with Crippen LogP contribution in [0.25, 0.3) is 0 Å². The van der Waals surface area contributed by atoms with Crippen LogP contribution >= 0.6 is 22.6 Å². The lowest BCUT2D eigenvalue weighted by Gasteiger charge is -2.12. The number of anilines is 2. The molecule has 1 aromatic heterocycles. The molecule has 2 rings (SSSR count). The molecule has 0 fully saturated rings. The molecule has 4 nitrogen and oxygen atoms in total. The molecule has 6 heteroatoms. The van der Waals surface area contributed by atoms with E-state index in [0.717, 1.165) is 3.57 Å². The van der Waals surface area contributed by atoms with Gasteiger partial charge in [-0.15, -0.1) is 0 Å². The van der Waals surface area contributed by atoms with E-state index >= 15 is 0 Å². The van der Waals surface area contributed by atoms with Crippen LogP contribution in [0.4, 0.5) is 15.8 Å². The molecular formula is C13H10FIN2O2. The summed E-state index contributed by atoms with van der Waals surface area (Å²) in [6, 6.07) is 6.05. The Balaban J connectivity index is 2.46. The van der Waals surface area contributed by atoms with Crippen LogP contribution in [0.1, 0.15) is 16.1 Å². The molecule has 0 saturated heterocycles. The molecule has 1 heterocycles. The minimum Gasteiger partial charge on any atom is -0.478 e. The number of carbonyl (C=O) groups is 1. The zero-order chi connectivity index (χ0) is 14.0. The predicted octanol–water partition coefficient (Wildman–Crippen LogP) is 3.58. The second kappa shape index (κ2) is 5.52. The van der Waals surface area contributed by atoms with Crippen molar-refractivity contribution in [2.24, 2.45) is 0 Å². The molecule has 0 radical (unpaired) electrons. The quantitative estimate of drug-likeness (QED) is 0.809. The van der Waals surface area contributed by atoms with Crippen LogP contribution in [-0.2, 0) is 0 Å². The molecule has 0 aliphatic heterocycles. The van der Waals surface area contributed by atoms with Gasteiger partial charge in [0.2, 0.25) is 0 Å². The third-order valence-corrected chi connectivity index (χ3v) is 3.23. The van der Waals surface area contributed by atoms with Gasteiger partial charge in [-0.05, 0) is 53.8 Å². The number of carboxylic acids is 1. The first-order valence-corrected chi connectivity index (χ1v) is 6.48. The lowest BCUT2D eigenvalue weighted by atomic mass is 10.1. The summed E-state index contributed by atoms with van der Waals surface area (Å²) in [7, 11) is 0. The number of halogens is 2. The van der Waals surface area contributed by atoms with Crippen molar-refractivity contribution < 1.29 is 14.3 Å². The molecule has 0 aliphatic carbocycles. The lowest BCUT2D eigenvalue weighted by molar-refractivity contribution is 0.0697. The predicted molar refractivity (Wildman–Crippen MR) is 78.3 cm³/mol. The molecular weight excluding hydrogens is 362 g/mol. The van der Waals surface area contributed by atoms with Gasteiger partial charge in [0.05, 0.1) is 22.6 Å². The highest BCUT2D eigenvalue weighted by molar-refractivity contribution is 14.1. The highest BCUT2D eigenvalue weighted by atomic mass is 127. The van der Waals surface area contributed by atoms with Crippen molar-refractivity contribution in [2.45, 2.75) is 6.92 Å². The summed E-state index contributed by atoms with van der Waals surface area (Å²) >= 11 is 2.00. The van der Waals surface area contributed by atoms with Gasteiger partial charge in [0.1, 0.15) is 5.82 Å². The maximum atomic E-state index is 13.8. The van der Waals surface area contributed by atoms with Gasteiger partial charge in [0, 0.05) is 9.77 Å². The standard InChI is InChI=1S/C13H10FIN2O2/c1-7-12(9(13(18)19)4-5-16-7)17-11-3-2-8(15)6-10(11)14/h2-6,17H,1H3,(H,18,19). The number of aromatic carboxylic acids is 1. The highest BCUT2D eigenvalue weighted by Gasteiger charge is 2.14. The Morgan fingerprint density at radius 1 is 1.42 bits per heavy atom. The van der Waals surface area contributed by atoms with Gasteiger partial charge < -0.3 is 10.4 Å². The zero-order valence-corrected chi connectivity index (χ0v) is 12.1. The summed E-state index contributed by atoms with van der Waals surface area (Å²) in [6.45, 7) is 1.67. The molecule has 2 N–H and O–H groups in total. The van der Waals surface area contributed by atoms with Gasteiger partial charge in [-0.3, -0.25) is 4.98 Å².